The fraction of sp³-hybridized carbons (Fsp3) is 0.235. The molecule has 1 aliphatic heterocycles. The number of amides is 1. The third kappa shape index (κ3) is 2.57. The van der Waals surface area contributed by atoms with Crippen LogP contribution in [-0.4, -0.2) is 19.6 Å². The van der Waals surface area contributed by atoms with Gasteiger partial charge in [0.2, 0.25) is 0 Å². The Labute approximate surface area is 124 Å². The summed E-state index contributed by atoms with van der Waals surface area (Å²) in [7, 11) is 1.82. The van der Waals surface area contributed by atoms with Crippen LogP contribution in [0.15, 0.2) is 42.5 Å². The van der Waals surface area contributed by atoms with E-state index in [1.54, 1.807) is 0 Å². The van der Waals surface area contributed by atoms with Gasteiger partial charge in [-0.1, -0.05) is 24.3 Å². The maximum atomic E-state index is 12.5. The molecule has 0 fully saturated rings. The van der Waals surface area contributed by atoms with Crippen molar-refractivity contribution < 1.29 is 9.53 Å². The molecule has 0 spiro atoms. The fourth-order valence-corrected chi connectivity index (χ4v) is 2.58. The molecule has 0 saturated heterocycles. The topological polar surface area (TPSA) is 50.4 Å². The number of rotatable bonds is 3. The van der Waals surface area contributed by atoms with Gasteiger partial charge in [0.25, 0.3) is 5.91 Å². The van der Waals surface area contributed by atoms with E-state index < -0.39 is 0 Å². The molecular weight excluding hydrogens is 264 g/mol. The van der Waals surface area contributed by atoms with E-state index in [0.717, 1.165) is 22.6 Å². The van der Waals surface area contributed by atoms with Crippen LogP contribution in [-0.2, 0) is 0 Å². The lowest BCUT2D eigenvalue weighted by Crippen LogP contribution is -2.30. The van der Waals surface area contributed by atoms with Gasteiger partial charge in [-0.3, -0.25) is 4.79 Å². The highest BCUT2D eigenvalue weighted by molar-refractivity contribution is 6.00. The number of carbonyl (C=O) groups excluding carboxylic acids is 1. The SMILES string of the molecule is CNc1cc(C)ccc1C(=O)NC1COc2ccccc21. The largest absolute Gasteiger partial charge is 0.491 e. The number of ether oxygens (including phenoxy) is 1. The van der Waals surface area contributed by atoms with Gasteiger partial charge in [0.05, 0.1) is 11.6 Å². The van der Waals surface area contributed by atoms with Crippen LogP contribution >= 0.6 is 0 Å². The molecule has 0 saturated carbocycles. The monoisotopic (exact) mass is 282 g/mol. The standard InChI is InChI=1S/C17H18N2O2/c1-11-7-8-13(14(9-11)18-2)17(20)19-15-10-21-16-6-4-3-5-12(15)16/h3-9,15,18H,10H2,1-2H3,(H,19,20). The zero-order valence-electron chi connectivity index (χ0n) is 12.1. The zero-order valence-corrected chi connectivity index (χ0v) is 12.1. The molecule has 2 aromatic carbocycles. The minimum absolute atomic E-state index is 0.0929. The highest BCUT2D eigenvalue weighted by Gasteiger charge is 2.26. The van der Waals surface area contributed by atoms with Crippen molar-refractivity contribution in [1.82, 2.24) is 5.32 Å². The number of nitrogens with one attached hydrogen (secondary N) is 2. The Balaban J connectivity index is 1.82. The van der Waals surface area contributed by atoms with Crippen molar-refractivity contribution in [2.45, 2.75) is 13.0 Å². The third-order valence-electron chi connectivity index (χ3n) is 3.69. The van der Waals surface area contributed by atoms with Crippen molar-refractivity contribution in [2.75, 3.05) is 19.0 Å². The zero-order chi connectivity index (χ0) is 14.8. The predicted octanol–water partition coefficient (Wildman–Crippen LogP) is 2.90. The first-order valence-corrected chi connectivity index (χ1v) is 7.00. The lowest BCUT2D eigenvalue weighted by Gasteiger charge is -2.14. The first-order chi connectivity index (χ1) is 10.2. The molecule has 1 aliphatic rings. The Bertz CT molecular complexity index is 682. The number of benzene rings is 2. The number of aryl methyl sites for hydroxylation is 1. The molecule has 1 atom stereocenters. The average molecular weight is 282 g/mol. The van der Waals surface area contributed by atoms with Crippen LogP contribution in [0.4, 0.5) is 5.69 Å². The second kappa shape index (κ2) is 5.48. The summed E-state index contributed by atoms with van der Waals surface area (Å²) in [5.74, 6) is 0.755. The quantitative estimate of drug-likeness (QED) is 0.910. The molecule has 21 heavy (non-hydrogen) atoms. The number of hydrogen-bond acceptors (Lipinski definition) is 3. The van der Waals surface area contributed by atoms with Crippen molar-refractivity contribution in [1.29, 1.82) is 0 Å². The number of para-hydroxylation sites is 1. The van der Waals surface area contributed by atoms with Gasteiger partial charge in [-0.05, 0) is 30.7 Å². The van der Waals surface area contributed by atoms with E-state index in [0.29, 0.717) is 12.2 Å². The van der Waals surface area contributed by atoms with Crippen LogP contribution in [0.25, 0.3) is 0 Å². The molecule has 1 unspecified atom stereocenters. The minimum atomic E-state index is -0.0975. The van der Waals surface area contributed by atoms with Crippen molar-refractivity contribution in [3.8, 4) is 5.75 Å². The highest BCUT2D eigenvalue weighted by atomic mass is 16.5. The molecule has 0 bridgehead atoms. The van der Waals surface area contributed by atoms with Gasteiger partial charge in [0.1, 0.15) is 12.4 Å². The Morgan fingerprint density at radius 2 is 2.05 bits per heavy atom. The molecule has 4 nitrogen and oxygen atoms in total. The summed E-state index contributed by atoms with van der Waals surface area (Å²) in [6, 6.07) is 13.5. The van der Waals surface area contributed by atoms with Crippen molar-refractivity contribution in [3.63, 3.8) is 0 Å². The fourth-order valence-electron chi connectivity index (χ4n) is 2.58. The summed E-state index contributed by atoms with van der Waals surface area (Å²) < 4.78 is 5.59. The molecule has 2 aromatic rings. The van der Waals surface area contributed by atoms with Gasteiger partial charge in [0.15, 0.2) is 0 Å². The third-order valence-corrected chi connectivity index (χ3v) is 3.69. The van der Waals surface area contributed by atoms with Gasteiger partial charge < -0.3 is 15.4 Å². The molecule has 0 aromatic heterocycles. The molecule has 3 rings (SSSR count). The first-order valence-electron chi connectivity index (χ1n) is 7.00. The number of fused-ring (bicyclic) bond motifs is 1. The van der Waals surface area contributed by atoms with Gasteiger partial charge in [-0.15, -0.1) is 0 Å². The second-order valence-corrected chi connectivity index (χ2v) is 5.17. The molecule has 0 aliphatic carbocycles. The van der Waals surface area contributed by atoms with E-state index >= 15 is 0 Å². The Hall–Kier alpha value is -2.49. The first kappa shape index (κ1) is 13.5. The van der Waals surface area contributed by atoms with Crippen molar-refractivity contribution in [2.24, 2.45) is 0 Å². The maximum absolute atomic E-state index is 12.5. The molecule has 108 valence electrons. The summed E-state index contributed by atoms with van der Waals surface area (Å²) in [6.45, 7) is 2.48. The molecule has 1 heterocycles. The van der Waals surface area contributed by atoms with Crippen LogP contribution < -0.4 is 15.4 Å². The van der Waals surface area contributed by atoms with Crippen LogP contribution in [0.2, 0.25) is 0 Å². The van der Waals surface area contributed by atoms with Gasteiger partial charge in [-0.25, -0.2) is 0 Å². The maximum Gasteiger partial charge on any atom is 0.253 e. The number of hydrogen-bond donors (Lipinski definition) is 2. The van der Waals surface area contributed by atoms with E-state index in [-0.39, 0.29) is 11.9 Å². The molecule has 4 heteroatoms. The van der Waals surface area contributed by atoms with E-state index in [4.69, 9.17) is 4.74 Å². The predicted molar refractivity (Wildman–Crippen MR) is 82.9 cm³/mol. The van der Waals surface area contributed by atoms with Gasteiger partial charge >= 0.3 is 0 Å². The van der Waals surface area contributed by atoms with Crippen molar-refractivity contribution >= 4 is 11.6 Å². The number of anilines is 1. The smallest absolute Gasteiger partial charge is 0.253 e. The number of carbonyl (C=O) groups is 1. The van der Waals surface area contributed by atoms with Crippen LogP contribution in [0.1, 0.15) is 27.5 Å². The molecule has 2 N–H and O–H groups in total. The summed E-state index contributed by atoms with van der Waals surface area (Å²) >= 11 is 0. The Morgan fingerprint density at radius 1 is 1.24 bits per heavy atom. The molecule has 0 radical (unpaired) electrons. The normalized spacial score (nSPS) is 16.0. The Morgan fingerprint density at radius 3 is 2.86 bits per heavy atom. The lowest BCUT2D eigenvalue weighted by molar-refractivity contribution is 0.0931. The van der Waals surface area contributed by atoms with E-state index in [9.17, 15) is 4.79 Å². The minimum Gasteiger partial charge on any atom is -0.491 e. The van der Waals surface area contributed by atoms with Crippen LogP contribution in [0.5, 0.6) is 5.75 Å². The summed E-state index contributed by atoms with van der Waals surface area (Å²) in [5.41, 5.74) is 3.63. The average Bonchev–Trinajstić information content (AvgIpc) is 2.90. The van der Waals surface area contributed by atoms with E-state index in [2.05, 4.69) is 10.6 Å². The second-order valence-electron chi connectivity index (χ2n) is 5.17. The molecule has 1 amide bonds. The van der Waals surface area contributed by atoms with E-state index in [1.165, 1.54) is 0 Å². The van der Waals surface area contributed by atoms with Crippen LogP contribution in [0, 0.1) is 6.92 Å². The van der Waals surface area contributed by atoms with Crippen LogP contribution in [0.3, 0.4) is 0 Å². The van der Waals surface area contributed by atoms with E-state index in [1.807, 2.05) is 56.4 Å². The summed E-state index contributed by atoms with van der Waals surface area (Å²) in [4.78, 5) is 12.5. The summed E-state index contributed by atoms with van der Waals surface area (Å²) in [6.07, 6.45) is 0. The highest BCUT2D eigenvalue weighted by Crippen LogP contribution is 2.32. The van der Waals surface area contributed by atoms with Gasteiger partial charge in [0, 0.05) is 18.3 Å². The van der Waals surface area contributed by atoms with Crippen molar-refractivity contribution in [3.05, 3.63) is 59.2 Å². The van der Waals surface area contributed by atoms with Gasteiger partial charge in [-0.2, -0.15) is 0 Å². The Kier molecular flexibility index (Phi) is 3.52. The lowest BCUT2D eigenvalue weighted by atomic mass is 10.1. The molecular formula is C17H18N2O2. The summed E-state index contributed by atoms with van der Waals surface area (Å²) in [5, 5.41) is 6.11.